The molecule has 0 fully saturated rings. The van der Waals surface area contributed by atoms with Crippen LogP contribution in [0.4, 0.5) is 0 Å². The molecule has 1 aliphatic heterocycles. The molecule has 0 unspecified atom stereocenters. The van der Waals surface area contributed by atoms with Gasteiger partial charge in [-0.1, -0.05) is 110 Å². The van der Waals surface area contributed by atoms with Crippen LogP contribution in [0.15, 0.2) is 103 Å². The molecule has 0 bridgehead atoms. The van der Waals surface area contributed by atoms with Gasteiger partial charge in [0.15, 0.2) is 8.07 Å². The monoisotopic (exact) mass is 362 g/mol. The Kier molecular flexibility index (Phi) is 3.84. The smallest absolute Gasteiger partial charge is 0.0623 e. The number of hydrogen-bond acceptors (Lipinski definition) is 0. The van der Waals surface area contributed by atoms with E-state index in [1.165, 1.54) is 32.3 Å². The van der Waals surface area contributed by atoms with E-state index in [-0.39, 0.29) is 0 Å². The summed E-state index contributed by atoms with van der Waals surface area (Å²) in [4.78, 5) is 0. The highest BCUT2D eigenvalue weighted by molar-refractivity contribution is 7.22. The van der Waals surface area contributed by atoms with Crippen LogP contribution < -0.4 is 20.7 Å². The van der Waals surface area contributed by atoms with Crippen molar-refractivity contribution in [2.24, 2.45) is 0 Å². The third-order valence-electron chi connectivity index (χ3n) is 5.94. The zero-order valence-corrected chi connectivity index (χ0v) is 16.5. The first kappa shape index (κ1) is 16.3. The van der Waals surface area contributed by atoms with Crippen LogP contribution in [-0.4, -0.2) is 8.07 Å². The highest BCUT2D eigenvalue weighted by atomic mass is 28.3. The van der Waals surface area contributed by atoms with Crippen molar-refractivity contribution in [2.45, 2.75) is 13.3 Å². The van der Waals surface area contributed by atoms with E-state index in [4.69, 9.17) is 0 Å². The lowest BCUT2D eigenvalue weighted by Gasteiger charge is -2.32. The van der Waals surface area contributed by atoms with Crippen molar-refractivity contribution < 1.29 is 0 Å². The van der Waals surface area contributed by atoms with Gasteiger partial charge in [-0.25, -0.2) is 0 Å². The quantitative estimate of drug-likeness (QED) is 0.430. The van der Waals surface area contributed by atoms with Crippen molar-refractivity contribution >= 4 is 28.8 Å². The van der Waals surface area contributed by atoms with Crippen molar-refractivity contribution in [1.82, 2.24) is 0 Å². The lowest BCUT2D eigenvalue weighted by Crippen LogP contribution is -2.73. The van der Waals surface area contributed by atoms with Gasteiger partial charge in [-0.2, -0.15) is 0 Å². The number of benzene rings is 4. The van der Waals surface area contributed by atoms with Gasteiger partial charge in [0.2, 0.25) is 0 Å². The molecule has 0 amide bonds. The van der Waals surface area contributed by atoms with Crippen LogP contribution in [0.3, 0.4) is 0 Å². The Morgan fingerprint density at radius 2 is 1.11 bits per heavy atom. The van der Waals surface area contributed by atoms with Crippen LogP contribution in [0.25, 0.3) is 11.1 Å². The minimum absolute atomic E-state index is 1.06. The maximum Gasteiger partial charge on any atom is 0.181 e. The molecule has 0 atom stereocenters. The maximum absolute atomic E-state index is 2.38. The zero-order valence-electron chi connectivity index (χ0n) is 15.5. The molecule has 5 rings (SSSR count). The zero-order chi connectivity index (χ0) is 18.3. The fourth-order valence-electron chi connectivity index (χ4n) is 4.88. The molecule has 1 heterocycles. The summed E-state index contributed by atoms with van der Waals surface area (Å²) in [6.45, 7) is 2.29. The maximum atomic E-state index is 2.38. The first-order chi connectivity index (χ1) is 13.4. The van der Waals surface area contributed by atoms with Gasteiger partial charge in [0.25, 0.3) is 0 Å². The number of hydrogen-bond donors (Lipinski definition) is 0. The second-order valence-corrected chi connectivity index (χ2v) is 10.9. The largest absolute Gasteiger partial charge is 0.181 e. The molecular weight excluding hydrogens is 340 g/mol. The molecule has 4 aromatic rings. The van der Waals surface area contributed by atoms with E-state index >= 15 is 0 Å². The van der Waals surface area contributed by atoms with Crippen LogP contribution in [0.5, 0.6) is 0 Å². The minimum Gasteiger partial charge on any atom is -0.0623 e. The van der Waals surface area contributed by atoms with Crippen molar-refractivity contribution in [3.63, 3.8) is 0 Å². The SMILES string of the molecule is CCc1cccc2c1[Si](c1ccccc1)(c1ccccc1)c1ccccc1-2. The molecule has 0 aliphatic carbocycles. The summed E-state index contributed by atoms with van der Waals surface area (Å²) in [6.07, 6.45) is 1.06. The highest BCUT2D eigenvalue weighted by Gasteiger charge is 2.49. The molecule has 0 radical (unpaired) electrons. The molecule has 0 N–H and O–H groups in total. The summed E-state index contributed by atoms with van der Waals surface area (Å²) >= 11 is 0. The number of rotatable bonds is 3. The van der Waals surface area contributed by atoms with Crippen molar-refractivity contribution in [3.8, 4) is 11.1 Å². The van der Waals surface area contributed by atoms with Gasteiger partial charge in [-0.3, -0.25) is 0 Å². The van der Waals surface area contributed by atoms with Gasteiger partial charge in [0.1, 0.15) is 0 Å². The van der Waals surface area contributed by atoms with Crippen molar-refractivity contribution in [3.05, 3.63) is 109 Å². The van der Waals surface area contributed by atoms with Gasteiger partial charge in [0.05, 0.1) is 0 Å². The van der Waals surface area contributed by atoms with Gasteiger partial charge in [-0.05, 0) is 43.9 Å². The topological polar surface area (TPSA) is 0 Å². The van der Waals surface area contributed by atoms with Crippen LogP contribution >= 0.6 is 0 Å². The Labute approximate surface area is 162 Å². The summed E-state index contributed by atoms with van der Waals surface area (Å²) in [5.41, 5.74) is 4.34. The molecule has 0 spiro atoms. The number of aryl methyl sites for hydroxylation is 1. The highest BCUT2D eigenvalue weighted by Crippen LogP contribution is 2.30. The van der Waals surface area contributed by atoms with Crippen LogP contribution in [0.1, 0.15) is 12.5 Å². The second-order valence-electron chi connectivity index (χ2n) is 7.22. The Balaban J connectivity index is 2.01. The third-order valence-corrected chi connectivity index (χ3v) is 10.9. The van der Waals surface area contributed by atoms with E-state index in [9.17, 15) is 0 Å². The standard InChI is InChI=1S/C26H22Si/c1-2-20-12-11-18-24-23-17-9-10-19-25(23)27(26(20)24,21-13-5-3-6-14-21)22-15-7-4-8-16-22/h3-19H,2H2,1H3. The van der Waals surface area contributed by atoms with Gasteiger partial charge in [-0.15, -0.1) is 0 Å². The fraction of sp³-hybridized carbons (Fsp3) is 0.0769. The van der Waals surface area contributed by atoms with E-state index in [1.54, 1.807) is 5.19 Å². The first-order valence-electron chi connectivity index (χ1n) is 9.70. The average Bonchev–Trinajstić information content (AvgIpc) is 3.07. The number of fused-ring (bicyclic) bond motifs is 3. The predicted octanol–water partition coefficient (Wildman–Crippen LogP) is 3.61. The Morgan fingerprint density at radius 3 is 1.74 bits per heavy atom. The van der Waals surface area contributed by atoms with E-state index in [0.29, 0.717) is 0 Å². The van der Waals surface area contributed by atoms with Crippen LogP contribution in [0.2, 0.25) is 0 Å². The first-order valence-corrected chi connectivity index (χ1v) is 11.7. The van der Waals surface area contributed by atoms with E-state index < -0.39 is 8.07 Å². The fourth-order valence-corrected chi connectivity index (χ4v) is 10.4. The van der Waals surface area contributed by atoms with E-state index in [2.05, 4.69) is 110 Å². The summed E-state index contributed by atoms with van der Waals surface area (Å²) < 4.78 is 0. The Hall–Kier alpha value is -2.90. The van der Waals surface area contributed by atoms with Crippen LogP contribution in [-0.2, 0) is 6.42 Å². The summed E-state index contributed by atoms with van der Waals surface area (Å²) in [6, 6.07) is 38.4. The minimum atomic E-state index is -2.29. The Morgan fingerprint density at radius 1 is 0.556 bits per heavy atom. The molecule has 0 aromatic heterocycles. The summed E-state index contributed by atoms with van der Waals surface area (Å²) in [7, 11) is -2.29. The third kappa shape index (κ3) is 2.22. The second kappa shape index (κ2) is 6.36. The molecule has 0 saturated heterocycles. The summed E-state index contributed by atoms with van der Waals surface area (Å²) in [5.74, 6) is 0. The molecule has 0 nitrogen and oxygen atoms in total. The normalized spacial score (nSPS) is 13.8. The molecule has 0 saturated carbocycles. The van der Waals surface area contributed by atoms with Gasteiger partial charge in [0, 0.05) is 0 Å². The lowest BCUT2D eigenvalue weighted by atomic mass is 10.0. The average molecular weight is 363 g/mol. The molecular formula is C26H22Si. The summed E-state index contributed by atoms with van der Waals surface area (Å²) in [5, 5.41) is 6.07. The molecule has 1 heteroatoms. The predicted molar refractivity (Wildman–Crippen MR) is 118 cm³/mol. The van der Waals surface area contributed by atoms with E-state index in [1.807, 2.05) is 0 Å². The molecule has 130 valence electrons. The Bertz CT molecular complexity index is 1060. The van der Waals surface area contributed by atoms with Gasteiger partial charge < -0.3 is 0 Å². The lowest BCUT2D eigenvalue weighted by molar-refractivity contribution is 1.15. The van der Waals surface area contributed by atoms with Crippen molar-refractivity contribution in [1.29, 1.82) is 0 Å². The van der Waals surface area contributed by atoms with Gasteiger partial charge >= 0.3 is 0 Å². The van der Waals surface area contributed by atoms with E-state index in [0.717, 1.165) is 6.42 Å². The van der Waals surface area contributed by atoms with Crippen molar-refractivity contribution in [2.75, 3.05) is 0 Å². The molecule has 27 heavy (non-hydrogen) atoms. The molecule has 1 aliphatic rings. The van der Waals surface area contributed by atoms with Crippen LogP contribution in [0, 0.1) is 0 Å². The molecule has 4 aromatic carbocycles.